The van der Waals surface area contributed by atoms with Crippen molar-refractivity contribution in [1.29, 1.82) is 0 Å². The molecule has 1 fully saturated rings. The van der Waals surface area contributed by atoms with Gasteiger partial charge in [0, 0.05) is 11.1 Å². The normalized spacial score (nSPS) is 21.1. The van der Waals surface area contributed by atoms with E-state index in [0.717, 1.165) is 11.1 Å². The van der Waals surface area contributed by atoms with E-state index in [2.05, 4.69) is 15.9 Å². The summed E-state index contributed by atoms with van der Waals surface area (Å²) >= 11 is 3.63. The molecule has 0 radical (unpaired) electrons. The number of benzene rings is 2. The average molecular weight is 317 g/mol. The minimum absolute atomic E-state index is 0.0581. The van der Waals surface area contributed by atoms with Gasteiger partial charge in [0.25, 0.3) is 0 Å². The standard InChI is InChI=1S/C16H13BrO2/c17-14-11-15(18)19-16(14,12-7-3-1-4-8-12)13-9-5-2-6-10-13/h1-10,14H,11H2/t14-/m1/s1. The minimum atomic E-state index is -0.723. The molecule has 0 saturated carbocycles. The highest BCUT2D eigenvalue weighted by molar-refractivity contribution is 9.09. The van der Waals surface area contributed by atoms with E-state index in [9.17, 15) is 4.79 Å². The van der Waals surface area contributed by atoms with E-state index in [0.29, 0.717) is 6.42 Å². The van der Waals surface area contributed by atoms with Gasteiger partial charge in [-0.15, -0.1) is 0 Å². The molecular formula is C16H13BrO2. The molecular weight excluding hydrogens is 304 g/mol. The Morgan fingerprint density at radius 2 is 1.42 bits per heavy atom. The molecule has 0 unspecified atom stereocenters. The molecule has 0 aliphatic carbocycles. The average Bonchev–Trinajstić information content (AvgIpc) is 2.76. The quantitative estimate of drug-likeness (QED) is 0.624. The predicted molar refractivity (Wildman–Crippen MR) is 77.1 cm³/mol. The number of alkyl halides is 1. The van der Waals surface area contributed by atoms with Gasteiger partial charge in [0.05, 0.1) is 11.2 Å². The summed E-state index contributed by atoms with van der Waals surface area (Å²) in [4.78, 5) is 11.7. The molecule has 2 nitrogen and oxygen atoms in total. The third-order valence-electron chi connectivity index (χ3n) is 3.47. The fourth-order valence-electron chi connectivity index (χ4n) is 2.59. The molecule has 0 bridgehead atoms. The van der Waals surface area contributed by atoms with E-state index in [-0.39, 0.29) is 10.8 Å². The molecule has 2 aromatic carbocycles. The van der Waals surface area contributed by atoms with Gasteiger partial charge in [-0.25, -0.2) is 0 Å². The molecule has 0 spiro atoms. The molecule has 3 rings (SSSR count). The highest BCUT2D eigenvalue weighted by Crippen LogP contribution is 2.46. The Hall–Kier alpha value is -1.61. The number of carbonyl (C=O) groups excluding carboxylic acids is 1. The van der Waals surface area contributed by atoms with E-state index in [4.69, 9.17) is 4.74 Å². The van der Waals surface area contributed by atoms with Gasteiger partial charge in [0.15, 0.2) is 5.60 Å². The van der Waals surface area contributed by atoms with Crippen LogP contribution in [0.5, 0.6) is 0 Å². The highest BCUT2D eigenvalue weighted by atomic mass is 79.9. The maximum atomic E-state index is 11.8. The molecule has 2 aromatic rings. The topological polar surface area (TPSA) is 26.3 Å². The Balaban J connectivity index is 2.20. The van der Waals surface area contributed by atoms with E-state index < -0.39 is 5.60 Å². The van der Waals surface area contributed by atoms with E-state index >= 15 is 0 Å². The smallest absolute Gasteiger partial charge is 0.308 e. The van der Waals surface area contributed by atoms with Gasteiger partial charge in [-0.1, -0.05) is 76.6 Å². The first-order chi connectivity index (χ1) is 9.23. The Morgan fingerprint density at radius 3 is 1.79 bits per heavy atom. The van der Waals surface area contributed by atoms with Crippen LogP contribution in [0, 0.1) is 0 Å². The van der Waals surface area contributed by atoms with Crippen molar-refractivity contribution in [2.45, 2.75) is 16.8 Å². The zero-order valence-electron chi connectivity index (χ0n) is 10.3. The van der Waals surface area contributed by atoms with Crippen LogP contribution in [0.3, 0.4) is 0 Å². The molecule has 0 aromatic heterocycles. The first kappa shape index (κ1) is 12.4. The lowest BCUT2D eigenvalue weighted by atomic mass is 9.84. The Labute approximate surface area is 120 Å². The summed E-state index contributed by atoms with van der Waals surface area (Å²) in [7, 11) is 0. The van der Waals surface area contributed by atoms with Crippen molar-refractivity contribution in [3.05, 3.63) is 71.8 Å². The number of rotatable bonds is 2. The molecule has 1 heterocycles. The van der Waals surface area contributed by atoms with E-state index in [1.165, 1.54) is 0 Å². The molecule has 96 valence electrons. The van der Waals surface area contributed by atoms with Crippen LogP contribution < -0.4 is 0 Å². The maximum absolute atomic E-state index is 11.8. The van der Waals surface area contributed by atoms with Crippen molar-refractivity contribution in [3.63, 3.8) is 0 Å². The van der Waals surface area contributed by atoms with Crippen molar-refractivity contribution in [2.24, 2.45) is 0 Å². The molecule has 1 aliphatic heterocycles. The highest BCUT2D eigenvalue weighted by Gasteiger charge is 2.50. The van der Waals surface area contributed by atoms with Crippen LogP contribution >= 0.6 is 15.9 Å². The summed E-state index contributed by atoms with van der Waals surface area (Å²) in [6, 6.07) is 19.8. The molecule has 1 atom stereocenters. The third-order valence-corrected chi connectivity index (χ3v) is 4.44. The molecule has 1 aliphatic rings. The lowest BCUT2D eigenvalue weighted by molar-refractivity contribution is -0.146. The third kappa shape index (κ3) is 1.98. The van der Waals surface area contributed by atoms with Crippen LogP contribution in [0.15, 0.2) is 60.7 Å². The lowest BCUT2D eigenvalue weighted by Gasteiger charge is -2.32. The second kappa shape index (κ2) is 4.82. The predicted octanol–water partition coefficient (Wildman–Crippen LogP) is 3.64. The minimum Gasteiger partial charge on any atom is -0.448 e. The molecule has 1 saturated heterocycles. The van der Waals surface area contributed by atoms with Crippen molar-refractivity contribution < 1.29 is 9.53 Å². The summed E-state index contributed by atoms with van der Waals surface area (Å²) in [6.07, 6.45) is 0.379. The number of ether oxygens (including phenoxy) is 1. The Bertz CT molecular complexity index is 541. The SMILES string of the molecule is O=C1C[C@@H](Br)C(c2ccccc2)(c2ccccc2)O1. The van der Waals surface area contributed by atoms with Gasteiger partial charge in [-0.2, -0.15) is 0 Å². The summed E-state index contributed by atoms with van der Waals surface area (Å²) < 4.78 is 5.75. The second-order valence-corrected chi connectivity index (χ2v) is 5.72. The largest absolute Gasteiger partial charge is 0.448 e. The van der Waals surface area contributed by atoms with Crippen LogP contribution in [0.4, 0.5) is 0 Å². The molecule has 0 amide bonds. The van der Waals surface area contributed by atoms with Gasteiger partial charge >= 0.3 is 5.97 Å². The molecule has 19 heavy (non-hydrogen) atoms. The fourth-order valence-corrected chi connectivity index (χ4v) is 3.48. The summed E-state index contributed by atoms with van der Waals surface area (Å²) in [5.74, 6) is -0.172. The number of hydrogen-bond acceptors (Lipinski definition) is 2. The number of halogens is 1. The zero-order valence-corrected chi connectivity index (χ0v) is 11.8. The second-order valence-electron chi connectivity index (χ2n) is 4.61. The van der Waals surface area contributed by atoms with Crippen LogP contribution in [0.25, 0.3) is 0 Å². The van der Waals surface area contributed by atoms with E-state index in [1.54, 1.807) is 0 Å². The number of cyclic esters (lactones) is 1. The van der Waals surface area contributed by atoms with Gasteiger partial charge in [0.2, 0.25) is 0 Å². The van der Waals surface area contributed by atoms with Gasteiger partial charge in [-0.3, -0.25) is 4.79 Å². The van der Waals surface area contributed by atoms with Crippen molar-refractivity contribution in [2.75, 3.05) is 0 Å². The maximum Gasteiger partial charge on any atom is 0.308 e. The van der Waals surface area contributed by atoms with Crippen LogP contribution in [-0.4, -0.2) is 10.8 Å². The fraction of sp³-hybridized carbons (Fsp3) is 0.188. The van der Waals surface area contributed by atoms with Crippen molar-refractivity contribution in [1.82, 2.24) is 0 Å². The van der Waals surface area contributed by atoms with Crippen LogP contribution in [0.1, 0.15) is 17.5 Å². The summed E-state index contributed by atoms with van der Waals surface area (Å²) in [5.41, 5.74) is 1.27. The lowest BCUT2D eigenvalue weighted by Crippen LogP contribution is -2.34. The summed E-state index contributed by atoms with van der Waals surface area (Å²) in [6.45, 7) is 0. The van der Waals surface area contributed by atoms with Crippen molar-refractivity contribution >= 4 is 21.9 Å². The molecule has 0 N–H and O–H groups in total. The van der Waals surface area contributed by atoms with Gasteiger partial charge in [-0.05, 0) is 0 Å². The number of esters is 1. The first-order valence-electron chi connectivity index (χ1n) is 6.20. The molecule has 3 heteroatoms. The number of hydrogen-bond donors (Lipinski definition) is 0. The Kier molecular flexibility index (Phi) is 3.15. The monoisotopic (exact) mass is 316 g/mol. The van der Waals surface area contributed by atoms with Crippen molar-refractivity contribution in [3.8, 4) is 0 Å². The summed E-state index contributed by atoms with van der Waals surface area (Å²) in [5, 5.41) is 0. The van der Waals surface area contributed by atoms with Crippen LogP contribution in [0.2, 0.25) is 0 Å². The Morgan fingerprint density at radius 1 is 0.947 bits per heavy atom. The zero-order chi connectivity index (χ0) is 13.3. The van der Waals surface area contributed by atoms with E-state index in [1.807, 2.05) is 60.7 Å². The van der Waals surface area contributed by atoms with Gasteiger partial charge in [0.1, 0.15) is 0 Å². The van der Waals surface area contributed by atoms with Gasteiger partial charge < -0.3 is 4.74 Å². The number of carbonyl (C=O) groups is 1. The van der Waals surface area contributed by atoms with Crippen LogP contribution in [-0.2, 0) is 15.1 Å². The first-order valence-corrected chi connectivity index (χ1v) is 7.12.